The smallest absolute Gasteiger partial charge is 0.410 e. The summed E-state index contributed by atoms with van der Waals surface area (Å²) in [6.45, 7) is 6.58. The van der Waals surface area contributed by atoms with E-state index in [0.29, 0.717) is 5.56 Å². The van der Waals surface area contributed by atoms with Gasteiger partial charge in [-0.15, -0.1) is 0 Å². The van der Waals surface area contributed by atoms with E-state index < -0.39 is 47.0 Å². The molecule has 6 nitrogen and oxygen atoms in total. The lowest BCUT2D eigenvalue weighted by molar-refractivity contribution is -0.155. The Bertz CT molecular complexity index is 724. The fourth-order valence-electron chi connectivity index (χ4n) is 3.00. The molecule has 0 bridgehead atoms. The summed E-state index contributed by atoms with van der Waals surface area (Å²) in [7, 11) is 0. The number of Topliss-reactive ketones (excluding diaryl/α,β-unsaturated/α-hetero) is 1. The molecule has 0 spiro atoms. The highest BCUT2D eigenvalue weighted by atomic mass is 19.1. The van der Waals surface area contributed by atoms with E-state index in [0.717, 1.165) is 23.1 Å². The van der Waals surface area contributed by atoms with Crippen LogP contribution in [0.2, 0.25) is 0 Å². The van der Waals surface area contributed by atoms with Gasteiger partial charge in [0.15, 0.2) is 0 Å². The van der Waals surface area contributed by atoms with Crippen molar-refractivity contribution in [2.75, 3.05) is 13.2 Å². The molecule has 1 aliphatic heterocycles. The molecule has 1 unspecified atom stereocenters. The van der Waals surface area contributed by atoms with Gasteiger partial charge < -0.3 is 9.47 Å². The van der Waals surface area contributed by atoms with Gasteiger partial charge in [0, 0.05) is 18.5 Å². The Morgan fingerprint density at radius 1 is 1.15 bits per heavy atom. The van der Waals surface area contributed by atoms with Gasteiger partial charge >= 0.3 is 12.1 Å². The summed E-state index contributed by atoms with van der Waals surface area (Å²) in [5.41, 5.74) is -0.502. The number of carbonyl (C=O) groups excluding carboxylic acids is 3. The van der Waals surface area contributed by atoms with E-state index in [9.17, 15) is 23.2 Å². The number of ether oxygens (including phenoxy) is 2. The van der Waals surface area contributed by atoms with E-state index in [1.165, 1.54) is 0 Å². The molecule has 0 saturated carbocycles. The molecule has 2 rings (SSSR count). The summed E-state index contributed by atoms with van der Waals surface area (Å²) >= 11 is 0. The van der Waals surface area contributed by atoms with Crippen molar-refractivity contribution in [3.05, 3.63) is 35.4 Å². The third-order valence-electron chi connectivity index (χ3n) is 4.06. The Labute approximate surface area is 156 Å². The number of halogens is 2. The number of carbonyl (C=O) groups is 3. The first-order valence-electron chi connectivity index (χ1n) is 8.68. The molecule has 1 heterocycles. The van der Waals surface area contributed by atoms with Crippen LogP contribution < -0.4 is 0 Å². The molecule has 0 N–H and O–H groups in total. The molecule has 148 valence electrons. The first kappa shape index (κ1) is 20.8. The third kappa shape index (κ3) is 5.24. The van der Waals surface area contributed by atoms with Crippen LogP contribution in [0.15, 0.2) is 18.2 Å². The lowest BCUT2D eigenvalue weighted by atomic mass is 9.95. The van der Waals surface area contributed by atoms with Gasteiger partial charge in [-0.05, 0) is 51.8 Å². The van der Waals surface area contributed by atoms with Crippen LogP contribution in [0.1, 0.15) is 45.6 Å². The molecule has 27 heavy (non-hydrogen) atoms. The lowest BCUT2D eigenvalue weighted by Gasteiger charge is -2.27. The number of amides is 1. The molecular formula is C19H23F2NO5. The summed E-state index contributed by atoms with van der Waals surface area (Å²) < 4.78 is 37.2. The van der Waals surface area contributed by atoms with Gasteiger partial charge in [0.2, 0.25) is 0 Å². The number of ketones is 1. The Balaban J connectivity index is 2.31. The van der Waals surface area contributed by atoms with Crippen LogP contribution in [0, 0.1) is 11.6 Å². The molecule has 0 aromatic heterocycles. The van der Waals surface area contributed by atoms with Crippen LogP contribution in [0.4, 0.5) is 13.6 Å². The maximum absolute atomic E-state index is 13.6. The summed E-state index contributed by atoms with van der Waals surface area (Å²) in [6.07, 6.45) is -0.732. The monoisotopic (exact) mass is 383 g/mol. The highest BCUT2D eigenvalue weighted by molar-refractivity contribution is 6.36. The van der Waals surface area contributed by atoms with Gasteiger partial charge in [0.1, 0.15) is 23.3 Å². The molecule has 8 heteroatoms. The molecule has 0 radical (unpaired) electrons. The minimum Gasteiger partial charge on any atom is -0.460 e. The Kier molecular flexibility index (Phi) is 6.18. The van der Waals surface area contributed by atoms with Crippen molar-refractivity contribution in [1.82, 2.24) is 4.90 Å². The van der Waals surface area contributed by atoms with Crippen molar-refractivity contribution < 1.29 is 32.6 Å². The number of nitrogens with zero attached hydrogens (tertiary/aromatic N) is 1. The molecule has 1 fully saturated rings. The molecule has 1 aromatic rings. The van der Waals surface area contributed by atoms with Crippen LogP contribution in [0.3, 0.4) is 0 Å². The first-order chi connectivity index (χ1) is 12.5. The zero-order valence-electron chi connectivity index (χ0n) is 15.8. The maximum Gasteiger partial charge on any atom is 0.410 e. The number of hydrogen-bond donors (Lipinski definition) is 0. The second-order valence-corrected chi connectivity index (χ2v) is 7.37. The van der Waals surface area contributed by atoms with Crippen molar-refractivity contribution in [2.45, 2.75) is 51.7 Å². The second kappa shape index (κ2) is 8.02. The van der Waals surface area contributed by atoms with E-state index in [-0.39, 0.29) is 19.6 Å². The Hall–Kier alpha value is -2.51. The molecule has 0 aliphatic carbocycles. The van der Waals surface area contributed by atoms with Crippen LogP contribution >= 0.6 is 0 Å². The normalized spacial score (nSPS) is 19.7. The third-order valence-corrected chi connectivity index (χ3v) is 4.06. The van der Waals surface area contributed by atoms with Crippen LogP contribution in [-0.4, -0.2) is 47.5 Å². The first-order valence-corrected chi connectivity index (χ1v) is 8.68. The van der Waals surface area contributed by atoms with Crippen molar-refractivity contribution in [3.63, 3.8) is 0 Å². The number of esters is 1. The average Bonchev–Trinajstić information content (AvgIpc) is 2.97. The molecule has 1 aromatic carbocycles. The van der Waals surface area contributed by atoms with Crippen LogP contribution in [0.5, 0.6) is 0 Å². The quantitative estimate of drug-likeness (QED) is 0.590. The fraction of sp³-hybridized carbons (Fsp3) is 0.526. The van der Waals surface area contributed by atoms with E-state index >= 15 is 0 Å². The lowest BCUT2D eigenvalue weighted by Crippen LogP contribution is -2.45. The second-order valence-electron chi connectivity index (χ2n) is 7.37. The predicted molar refractivity (Wildman–Crippen MR) is 92.1 cm³/mol. The number of likely N-dealkylation sites (tertiary alicyclic amines) is 1. The summed E-state index contributed by atoms with van der Waals surface area (Å²) in [4.78, 5) is 38.0. The predicted octanol–water partition coefficient (Wildman–Crippen LogP) is 3.19. The van der Waals surface area contributed by atoms with Crippen molar-refractivity contribution in [2.24, 2.45) is 0 Å². The van der Waals surface area contributed by atoms with E-state index in [4.69, 9.17) is 9.47 Å². The summed E-state index contributed by atoms with van der Waals surface area (Å²) in [6, 6.07) is 1.93. The topological polar surface area (TPSA) is 72.9 Å². The number of hydrogen-bond acceptors (Lipinski definition) is 5. The van der Waals surface area contributed by atoms with Crippen molar-refractivity contribution in [1.29, 1.82) is 0 Å². The van der Waals surface area contributed by atoms with Crippen molar-refractivity contribution in [3.8, 4) is 0 Å². The van der Waals surface area contributed by atoms with Gasteiger partial charge in [-0.2, -0.15) is 0 Å². The maximum atomic E-state index is 13.6. The minimum absolute atomic E-state index is 0.00633. The largest absolute Gasteiger partial charge is 0.460 e. The van der Waals surface area contributed by atoms with E-state index in [1.807, 2.05) is 0 Å². The summed E-state index contributed by atoms with van der Waals surface area (Å²) in [5, 5.41) is 0. The molecule has 1 amide bonds. The Morgan fingerprint density at radius 3 is 2.26 bits per heavy atom. The van der Waals surface area contributed by atoms with Gasteiger partial charge in [0.05, 0.1) is 6.61 Å². The van der Waals surface area contributed by atoms with Crippen LogP contribution in [0.25, 0.3) is 0 Å². The standard InChI is InChI=1S/C19H23F2NO5/c1-5-26-17(24)16(23)15-8-12(11-6-13(20)9-14(21)7-11)10-22(15)18(25)27-19(2,3)4/h6-7,9,12,15H,5,8,10H2,1-4H3/t12-,15?/m1/s1. The van der Waals surface area contributed by atoms with Crippen molar-refractivity contribution >= 4 is 17.8 Å². The summed E-state index contributed by atoms with van der Waals surface area (Å²) in [5.74, 6) is -3.97. The van der Waals surface area contributed by atoms with Crippen LogP contribution in [-0.2, 0) is 19.1 Å². The van der Waals surface area contributed by atoms with Gasteiger partial charge in [-0.3, -0.25) is 9.69 Å². The zero-order valence-corrected chi connectivity index (χ0v) is 15.8. The number of rotatable bonds is 4. The molecule has 2 atom stereocenters. The zero-order chi connectivity index (χ0) is 20.4. The SMILES string of the molecule is CCOC(=O)C(=O)C1C[C@@H](c2cc(F)cc(F)c2)CN1C(=O)OC(C)(C)C. The highest BCUT2D eigenvalue weighted by Crippen LogP contribution is 2.34. The highest BCUT2D eigenvalue weighted by Gasteiger charge is 2.44. The molecule has 1 saturated heterocycles. The average molecular weight is 383 g/mol. The molecular weight excluding hydrogens is 360 g/mol. The van der Waals surface area contributed by atoms with Gasteiger partial charge in [-0.1, -0.05) is 0 Å². The Morgan fingerprint density at radius 2 is 1.74 bits per heavy atom. The molecule has 1 aliphatic rings. The minimum atomic E-state index is -1.12. The fourth-order valence-corrected chi connectivity index (χ4v) is 3.00. The van der Waals surface area contributed by atoms with E-state index in [2.05, 4.69) is 0 Å². The van der Waals surface area contributed by atoms with Gasteiger partial charge in [0.25, 0.3) is 5.78 Å². The van der Waals surface area contributed by atoms with Gasteiger partial charge in [-0.25, -0.2) is 18.4 Å². The van der Waals surface area contributed by atoms with E-state index in [1.54, 1.807) is 27.7 Å². The number of benzene rings is 1.